The molecule has 1 atom stereocenters. The Labute approximate surface area is 97.1 Å². The molecule has 0 aromatic carbocycles. The number of anilines is 1. The van der Waals surface area contributed by atoms with E-state index >= 15 is 0 Å². The van der Waals surface area contributed by atoms with Crippen LogP contribution in [0.4, 0.5) is 5.82 Å². The van der Waals surface area contributed by atoms with E-state index in [9.17, 15) is 0 Å². The van der Waals surface area contributed by atoms with Crippen LogP contribution in [0.1, 0.15) is 25.0 Å². The summed E-state index contributed by atoms with van der Waals surface area (Å²) in [6.45, 7) is 4.27. The van der Waals surface area contributed by atoms with Gasteiger partial charge in [0.1, 0.15) is 5.82 Å². The maximum atomic E-state index is 4.43. The van der Waals surface area contributed by atoms with E-state index in [1.807, 2.05) is 6.92 Å². The number of aromatic nitrogens is 2. The Balaban J connectivity index is 2.11. The van der Waals surface area contributed by atoms with Gasteiger partial charge < -0.3 is 10.2 Å². The minimum Gasteiger partial charge on any atom is -0.355 e. The minimum atomic E-state index is 0.588. The average Bonchev–Trinajstić information content (AvgIpc) is 2.57. The molecule has 1 fully saturated rings. The lowest BCUT2D eigenvalue weighted by atomic mass is 10.1. The van der Waals surface area contributed by atoms with Gasteiger partial charge in [-0.1, -0.05) is 0 Å². The van der Waals surface area contributed by atoms with Crippen LogP contribution in [-0.2, 0) is 0 Å². The van der Waals surface area contributed by atoms with E-state index in [0.29, 0.717) is 6.04 Å². The zero-order chi connectivity index (χ0) is 11.4. The molecule has 2 rings (SSSR count). The second kappa shape index (κ2) is 5.25. The van der Waals surface area contributed by atoms with Crippen LogP contribution in [0, 0.1) is 6.92 Å². The molecular formula is C12H20N4. The molecule has 1 aliphatic rings. The van der Waals surface area contributed by atoms with Crippen molar-refractivity contribution >= 4 is 5.82 Å². The molecule has 1 aliphatic heterocycles. The Morgan fingerprint density at radius 3 is 2.88 bits per heavy atom. The van der Waals surface area contributed by atoms with Gasteiger partial charge in [-0.2, -0.15) is 0 Å². The summed E-state index contributed by atoms with van der Waals surface area (Å²) >= 11 is 0. The van der Waals surface area contributed by atoms with Crippen LogP contribution in [0.25, 0.3) is 0 Å². The van der Waals surface area contributed by atoms with E-state index in [1.54, 1.807) is 12.4 Å². The summed E-state index contributed by atoms with van der Waals surface area (Å²) < 4.78 is 0. The van der Waals surface area contributed by atoms with Crippen LogP contribution in [0.5, 0.6) is 0 Å². The standard InChI is InChI=1S/C12H20N4/c1-10-12(15-9-8-14-10)16(2)11-4-3-6-13-7-5-11/h8-9,11,13H,3-7H2,1-2H3. The van der Waals surface area contributed by atoms with Crippen molar-refractivity contribution in [3.63, 3.8) is 0 Å². The van der Waals surface area contributed by atoms with Crippen LogP contribution >= 0.6 is 0 Å². The molecule has 16 heavy (non-hydrogen) atoms. The zero-order valence-electron chi connectivity index (χ0n) is 10.1. The Morgan fingerprint density at radius 1 is 1.25 bits per heavy atom. The van der Waals surface area contributed by atoms with Gasteiger partial charge in [0.25, 0.3) is 0 Å². The fourth-order valence-electron chi connectivity index (χ4n) is 2.31. The molecule has 0 aliphatic carbocycles. The van der Waals surface area contributed by atoms with Crippen molar-refractivity contribution in [1.82, 2.24) is 15.3 Å². The van der Waals surface area contributed by atoms with Crippen molar-refractivity contribution in [3.05, 3.63) is 18.1 Å². The maximum absolute atomic E-state index is 4.43. The van der Waals surface area contributed by atoms with E-state index in [4.69, 9.17) is 0 Å². The van der Waals surface area contributed by atoms with Crippen molar-refractivity contribution < 1.29 is 0 Å². The molecule has 1 unspecified atom stereocenters. The van der Waals surface area contributed by atoms with E-state index < -0.39 is 0 Å². The van der Waals surface area contributed by atoms with E-state index in [1.165, 1.54) is 19.3 Å². The van der Waals surface area contributed by atoms with Gasteiger partial charge in [-0.3, -0.25) is 4.98 Å². The highest BCUT2D eigenvalue weighted by Crippen LogP contribution is 2.20. The first kappa shape index (κ1) is 11.3. The van der Waals surface area contributed by atoms with Gasteiger partial charge in [-0.15, -0.1) is 0 Å². The third kappa shape index (κ3) is 2.50. The molecule has 0 radical (unpaired) electrons. The predicted molar refractivity (Wildman–Crippen MR) is 65.7 cm³/mol. The second-order valence-corrected chi connectivity index (χ2v) is 4.41. The lowest BCUT2D eigenvalue weighted by Gasteiger charge is -2.28. The molecule has 0 spiro atoms. The molecule has 1 N–H and O–H groups in total. The fourth-order valence-corrected chi connectivity index (χ4v) is 2.31. The normalized spacial score (nSPS) is 21.5. The summed E-state index contributed by atoms with van der Waals surface area (Å²) in [4.78, 5) is 11.0. The lowest BCUT2D eigenvalue weighted by molar-refractivity contribution is 0.561. The third-order valence-electron chi connectivity index (χ3n) is 3.28. The second-order valence-electron chi connectivity index (χ2n) is 4.41. The molecule has 88 valence electrons. The SMILES string of the molecule is Cc1nccnc1N(C)C1CCCNCC1. The van der Waals surface area contributed by atoms with E-state index in [0.717, 1.165) is 24.6 Å². The summed E-state index contributed by atoms with van der Waals surface area (Å²) in [7, 11) is 2.13. The molecule has 4 nitrogen and oxygen atoms in total. The number of hydrogen-bond donors (Lipinski definition) is 1. The summed E-state index contributed by atoms with van der Waals surface area (Å²) in [6, 6.07) is 0.588. The van der Waals surface area contributed by atoms with Crippen LogP contribution < -0.4 is 10.2 Å². The molecule has 1 aromatic heterocycles. The molecule has 2 heterocycles. The molecule has 0 bridgehead atoms. The molecule has 0 amide bonds. The molecule has 1 aromatic rings. The highest BCUT2D eigenvalue weighted by molar-refractivity contribution is 5.42. The van der Waals surface area contributed by atoms with E-state index in [-0.39, 0.29) is 0 Å². The summed E-state index contributed by atoms with van der Waals surface area (Å²) in [5.74, 6) is 1.02. The van der Waals surface area contributed by atoms with Gasteiger partial charge in [0.15, 0.2) is 0 Å². The fraction of sp³-hybridized carbons (Fsp3) is 0.667. The monoisotopic (exact) mass is 220 g/mol. The van der Waals surface area contributed by atoms with Gasteiger partial charge >= 0.3 is 0 Å². The van der Waals surface area contributed by atoms with Crippen molar-refractivity contribution in [2.24, 2.45) is 0 Å². The van der Waals surface area contributed by atoms with Gasteiger partial charge in [-0.25, -0.2) is 4.98 Å². The first-order chi connectivity index (χ1) is 7.79. The van der Waals surface area contributed by atoms with Crippen LogP contribution in [0.2, 0.25) is 0 Å². The topological polar surface area (TPSA) is 41.1 Å². The first-order valence-electron chi connectivity index (χ1n) is 6.00. The van der Waals surface area contributed by atoms with Gasteiger partial charge in [-0.05, 0) is 39.3 Å². The molecule has 1 saturated heterocycles. The Morgan fingerprint density at radius 2 is 2.06 bits per heavy atom. The van der Waals surface area contributed by atoms with Crippen LogP contribution in [0.15, 0.2) is 12.4 Å². The first-order valence-corrected chi connectivity index (χ1v) is 6.00. The van der Waals surface area contributed by atoms with E-state index in [2.05, 4.69) is 27.2 Å². The Bertz CT molecular complexity index is 332. The summed E-state index contributed by atoms with van der Waals surface area (Å²) in [6.07, 6.45) is 7.19. The number of aryl methyl sites for hydroxylation is 1. The quantitative estimate of drug-likeness (QED) is 0.817. The number of nitrogens with zero attached hydrogens (tertiary/aromatic N) is 3. The molecule has 4 heteroatoms. The van der Waals surface area contributed by atoms with Crippen molar-refractivity contribution in [2.45, 2.75) is 32.2 Å². The third-order valence-corrected chi connectivity index (χ3v) is 3.28. The van der Waals surface area contributed by atoms with Crippen LogP contribution in [0.3, 0.4) is 0 Å². The lowest BCUT2D eigenvalue weighted by Crippen LogP contribution is -2.33. The van der Waals surface area contributed by atoms with Crippen LogP contribution in [-0.4, -0.2) is 36.1 Å². The zero-order valence-corrected chi connectivity index (χ0v) is 10.1. The van der Waals surface area contributed by atoms with Crippen molar-refractivity contribution in [1.29, 1.82) is 0 Å². The van der Waals surface area contributed by atoms with Gasteiger partial charge in [0.2, 0.25) is 0 Å². The maximum Gasteiger partial charge on any atom is 0.150 e. The molecular weight excluding hydrogens is 200 g/mol. The highest BCUT2D eigenvalue weighted by Gasteiger charge is 2.19. The number of rotatable bonds is 2. The predicted octanol–water partition coefficient (Wildman–Crippen LogP) is 1.36. The Kier molecular flexibility index (Phi) is 3.72. The Hall–Kier alpha value is -1.16. The highest BCUT2D eigenvalue weighted by atomic mass is 15.2. The average molecular weight is 220 g/mol. The van der Waals surface area contributed by atoms with Gasteiger partial charge in [0, 0.05) is 25.5 Å². The largest absolute Gasteiger partial charge is 0.355 e. The summed E-state index contributed by atoms with van der Waals surface area (Å²) in [5.41, 5.74) is 1.02. The van der Waals surface area contributed by atoms with Crippen molar-refractivity contribution in [3.8, 4) is 0 Å². The minimum absolute atomic E-state index is 0.588. The molecule has 0 saturated carbocycles. The van der Waals surface area contributed by atoms with Gasteiger partial charge in [0.05, 0.1) is 5.69 Å². The smallest absolute Gasteiger partial charge is 0.150 e. The number of hydrogen-bond acceptors (Lipinski definition) is 4. The number of nitrogens with one attached hydrogen (secondary N) is 1. The summed E-state index contributed by atoms with van der Waals surface area (Å²) in [5, 5.41) is 3.44. The van der Waals surface area contributed by atoms with Crippen molar-refractivity contribution in [2.75, 3.05) is 25.0 Å².